The van der Waals surface area contributed by atoms with Crippen LogP contribution in [0, 0.1) is 7.14 Å². The summed E-state index contributed by atoms with van der Waals surface area (Å²) in [4.78, 5) is 0. The van der Waals surface area contributed by atoms with E-state index in [2.05, 4.69) is 57.3 Å². The van der Waals surface area contributed by atoms with Crippen molar-refractivity contribution in [1.82, 2.24) is 0 Å². The number of hydrogen-bond donors (Lipinski definition) is 1. The molecular weight excluding hydrogens is 376 g/mol. The molecule has 2 rings (SSSR count). The molecule has 3 heteroatoms. The molecule has 64 valence electrons. The normalized spacial score (nSPS) is 21.1. The molecule has 2 N–H and O–H groups in total. The Balaban J connectivity index is 2.64. The molecule has 0 amide bonds. The number of halogens is 2. The average molecular weight is 385 g/mol. The van der Waals surface area contributed by atoms with E-state index in [1.165, 1.54) is 18.3 Å². The SMILES string of the molecule is NC1CCc2c(I)ccc(I)c21. The highest BCUT2D eigenvalue weighted by Crippen LogP contribution is 2.35. The lowest BCUT2D eigenvalue weighted by Crippen LogP contribution is -2.07. The first-order valence-electron chi connectivity index (χ1n) is 3.92. The molecule has 1 aromatic rings. The lowest BCUT2D eigenvalue weighted by molar-refractivity contribution is 0.711. The van der Waals surface area contributed by atoms with E-state index in [1.807, 2.05) is 0 Å². The van der Waals surface area contributed by atoms with Gasteiger partial charge in [-0.15, -0.1) is 0 Å². The second-order valence-electron chi connectivity index (χ2n) is 3.07. The highest BCUT2D eigenvalue weighted by molar-refractivity contribution is 14.1. The average Bonchev–Trinajstić information content (AvgIpc) is 2.42. The maximum Gasteiger partial charge on any atom is 0.0311 e. The molecule has 0 fully saturated rings. The first-order valence-corrected chi connectivity index (χ1v) is 6.08. The summed E-state index contributed by atoms with van der Waals surface area (Å²) in [6.45, 7) is 0. The lowest BCUT2D eigenvalue weighted by atomic mass is 10.1. The zero-order valence-electron chi connectivity index (χ0n) is 6.48. The fourth-order valence-corrected chi connectivity index (χ4v) is 3.35. The van der Waals surface area contributed by atoms with Crippen molar-refractivity contribution >= 4 is 45.2 Å². The molecule has 0 saturated carbocycles. The van der Waals surface area contributed by atoms with Gasteiger partial charge in [-0.3, -0.25) is 0 Å². The minimum absolute atomic E-state index is 0.279. The van der Waals surface area contributed by atoms with Crippen LogP contribution in [-0.4, -0.2) is 0 Å². The Kier molecular flexibility index (Phi) is 2.62. The fraction of sp³-hybridized carbons (Fsp3) is 0.333. The number of nitrogens with two attached hydrogens (primary N) is 1. The third kappa shape index (κ3) is 1.39. The van der Waals surface area contributed by atoms with E-state index in [1.54, 1.807) is 0 Å². The molecule has 0 spiro atoms. The van der Waals surface area contributed by atoms with Gasteiger partial charge < -0.3 is 5.73 Å². The van der Waals surface area contributed by atoms with Gasteiger partial charge in [0.15, 0.2) is 0 Å². The monoisotopic (exact) mass is 385 g/mol. The number of benzene rings is 1. The predicted molar refractivity (Wildman–Crippen MR) is 67.1 cm³/mol. The van der Waals surface area contributed by atoms with Gasteiger partial charge in [0.2, 0.25) is 0 Å². The highest BCUT2D eigenvalue weighted by Gasteiger charge is 2.23. The zero-order chi connectivity index (χ0) is 8.72. The summed E-state index contributed by atoms with van der Waals surface area (Å²) in [5, 5.41) is 0. The topological polar surface area (TPSA) is 26.0 Å². The molecule has 0 aliphatic heterocycles. The van der Waals surface area contributed by atoms with Gasteiger partial charge in [0.1, 0.15) is 0 Å². The Labute approximate surface area is 99.4 Å². The van der Waals surface area contributed by atoms with Crippen molar-refractivity contribution in [3.05, 3.63) is 30.4 Å². The Hall–Kier alpha value is 0.640. The van der Waals surface area contributed by atoms with Crippen molar-refractivity contribution in [2.45, 2.75) is 18.9 Å². The van der Waals surface area contributed by atoms with E-state index in [9.17, 15) is 0 Å². The van der Waals surface area contributed by atoms with Crippen molar-refractivity contribution in [2.75, 3.05) is 0 Å². The second kappa shape index (κ2) is 3.42. The Morgan fingerprint density at radius 3 is 2.58 bits per heavy atom. The maximum atomic E-state index is 6.01. The minimum Gasteiger partial charge on any atom is -0.324 e. The summed E-state index contributed by atoms with van der Waals surface area (Å²) < 4.78 is 2.70. The van der Waals surface area contributed by atoms with Crippen molar-refractivity contribution in [3.63, 3.8) is 0 Å². The highest BCUT2D eigenvalue weighted by atomic mass is 127. The maximum absolute atomic E-state index is 6.01. The fourth-order valence-electron chi connectivity index (χ4n) is 1.71. The summed E-state index contributed by atoms with van der Waals surface area (Å²) in [6, 6.07) is 4.62. The number of rotatable bonds is 0. The molecule has 1 aromatic carbocycles. The van der Waals surface area contributed by atoms with Crippen LogP contribution in [0.5, 0.6) is 0 Å². The van der Waals surface area contributed by atoms with Crippen LogP contribution in [0.2, 0.25) is 0 Å². The molecule has 0 aromatic heterocycles. The van der Waals surface area contributed by atoms with Crippen LogP contribution in [0.1, 0.15) is 23.6 Å². The molecule has 0 heterocycles. The van der Waals surface area contributed by atoms with Crippen LogP contribution in [0.25, 0.3) is 0 Å². The molecule has 1 nitrogen and oxygen atoms in total. The third-order valence-electron chi connectivity index (χ3n) is 2.32. The first-order chi connectivity index (χ1) is 5.70. The molecular formula is C9H9I2N. The quantitative estimate of drug-likeness (QED) is 0.684. The molecule has 1 aliphatic rings. The van der Waals surface area contributed by atoms with E-state index in [0.717, 1.165) is 12.8 Å². The van der Waals surface area contributed by atoms with E-state index >= 15 is 0 Å². The standard InChI is InChI=1S/C9H9I2N/c10-6-2-3-7(11)9-5(6)1-4-8(9)12/h2-3,8H,1,4,12H2. The van der Waals surface area contributed by atoms with Gasteiger partial charge >= 0.3 is 0 Å². The minimum atomic E-state index is 0.279. The molecule has 1 atom stereocenters. The van der Waals surface area contributed by atoms with Crippen LogP contribution in [-0.2, 0) is 6.42 Å². The Morgan fingerprint density at radius 2 is 1.92 bits per heavy atom. The van der Waals surface area contributed by atoms with Gasteiger partial charge in [-0.25, -0.2) is 0 Å². The molecule has 0 radical (unpaired) electrons. The smallest absolute Gasteiger partial charge is 0.0311 e. The van der Waals surface area contributed by atoms with E-state index < -0.39 is 0 Å². The van der Waals surface area contributed by atoms with Crippen molar-refractivity contribution < 1.29 is 0 Å². The second-order valence-corrected chi connectivity index (χ2v) is 5.39. The van der Waals surface area contributed by atoms with Crippen LogP contribution in [0.15, 0.2) is 12.1 Å². The van der Waals surface area contributed by atoms with E-state index in [-0.39, 0.29) is 6.04 Å². The third-order valence-corrected chi connectivity index (χ3v) is 4.27. The van der Waals surface area contributed by atoms with E-state index in [0.29, 0.717) is 0 Å². The van der Waals surface area contributed by atoms with Crippen LogP contribution in [0.4, 0.5) is 0 Å². The largest absolute Gasteiger partial charge is 0.324 e. The van der Waals surface area contributed by atoms with Gasteiger partial charge in [-0.05, 0) is 81.3 Å². The molecule has 0 saturated heterocycles. The molecule has 0 bridgehead atoms. The van der Waals surface area contributed by atoms with Crippen LogP contribution < -0.4 is 5.73 Å². The van der Waals surface area contributed by atoms with Gasteiger partial charge in [-0.1, -0.05) is 0 Å². The zero-order valence-corrected chi connectivity index (χ0v) is 10.8. The molecule has 1 aliphatic carbocycles. The Morgan fingerprint density at radius 1 is 1.25 bits per heavy atom. The number of fused-ring (bicyclic) bond motifs is 1. The van der Waals surface area contributed by atoms with Crippen molar-refractivity contribution in [2.24, 2.45) is 5.73 Å². The molecule has 1 unspecified atom stereocenters. The van der Waals surface area contributed by atoms with Gasteiger partial charge in [-0.2, -0.15) is 0 Å². The summed E-state index contributed by atoms with van der Waals surface area (Å²) in [5.41, 5.74) is 8.88. The van der Waals surface area contributed by atoms with Gasteiger partial charge in [0, 0.05) is 13.2 Å². The van der Waals surface area contributed by atoms with E-state index in [4.69, 9.17) is 5.73 Å². The van der Waals surface area contributed by atoms with Crippen molar-refractivity contribution in [3.8, 4) is 0 Å². The lowest BCUT2D eigenvalue weighted by Gasteiger charge is -2.08. The van der Waals surface area contributed by atoms with Crippen LogP contribution >= 0.6 is 45.2 Å². The first kappa shape index (κ1) is 9.21. The summed E-state index contributed by atoms with van der Waals surface area (Å²) in [7, 11) is 0. The summed E-state index contributed by atoms with van der Waals surface area (Å²) in [5.74, 6) is 0. The van der Waals surface area contributed by atoms with Gasteiger partial charge in [0.05, 0.1) is 0 Å². The summed E-state index contributed by atoms with van der Waals surface area (Å²) >= 11 is 4.77. The predicted octanol–water partition coefficient (Wildman–Crippen LogP) is 2.84. The van der Waals surface area contributed by atoms with Crippen LogP contribution in [0.3, 0.4) is 0 Å². The summed E-state index contributed by atoms with van der Waals surface area (Å²) in [6.07, 6.45) is 2.27. The van der Waals surface area contributed by atoms with Gasteiger partial charge in [0.25, 0.3) is 0 Å². The number of hydrogen-bond acceptors (Lipinski definition) is 1. The molecule has 12 heavy (non-hydrogen) atoms. The Bertz CT molecular complexity index is 323. The van der Waals surface area contributed by atoms with Crippen molar-refractivity contribution in [1.29, 1.82) is 0 Å².